The molecule has 4 rings (SSSR count). The van der Waals surface area contributed by atoms with Gasteiger partial charge in [-0.15, -0.1) is 0 Å². The van der Waals surface area contributed by atoms with Crippen LogP contribution in [0.3, 0.4) is 0 Å². The van der Waals surface area contributed by atoms with Gasteiger partial charge in [0.2, 0.25) is 0 Å². The van der Waals surface area contributed by atoms with Crippen LogP contribution in [-0.4, -0.2) is 47.4 Å². The third-order valence-corrected chi connectivity index (χ3v) is 6.87. The number of nitrogens with one attached hydrogen (secondary N) is 1. The van der Waals surface area contributed by atoms with Crippen LogP contribution in [0.15, 0.2) is 53.5 Å². The Hall–Kier alpha value is -2.36. The van der Waals surface area contributed by atoms with Crippen molar-refractivity contribution < 1.29 is 27.8 Å². The zero-order chi connectivity index (χ0) is 22.0. The molecule has 4 atom stereocenters. The summed E-state index contributed by atoms with van der Waals surface area (Å²) in [4.78, 5) is 17.3. The first kappa shape index (κ1) is 21.9. The quantitative estimate of drug-likeness (QED) is 0.749. The highest BCUT2D eigenvalue weighted by Crippen LogP contribution is 2.50. The van der Waals surface area contributed by atoms with E-state index in [1.165, 1.54) is 6.07 Å². The van der Waals surface area contributed by atoms with Crippen LogP contribution in [0.1, 0.15) is 22.3 Å². The van der Waals surface area contributed by atoms with Gasteiger partial charge in [-0.05, 0) is 24.6 Å². The molecule has 0 bridgehead atoms. The van der Waals surface area contributed by atoms with E-state index in [1.807, 2.05) is 0 Å². The Morgan fingerprint density at radius 3 is 2.71 bits per heavy atom. The summed E-state index contributed by atoms with van der Waals surface area (Å²) in [5, 5.41) is 11.7. The molecule has 0 aliphatic carbocycles. The van der Waals surface area contributed by atoms with Crippen molar-refractivity contribution in [1.29, 1.82) is 0 Å². The first-order valence-corrected chi connectivity index (χ1v) is 10.7. The summed E-state index contributed by atoms with van der Waals surface area (Å²) in [6, 6.07) is 11.6. The lowest BCUT2D eigenvalue weighted by Crippen LogP contribution is -2.55. The molecule has 2 aliphatic rings. The molecule has 1 saturated heterocycles. The summed E-state index contributed by atoms with van der Waals surface area (Å²) in [6.07, 6.45) is -0.287. The van der Waals surface area contributed by atoms with E-state index in [9.17, 15) is 23.1 Å². The number of aliphatic imine (C=N–C) groups is 1. The fourth-order valence-corrected chi connectivity index (χ4v) is 5.38. The molecule has 0 spiro atoms. The Bertz CT molecular complexity index is 991. The van der Waals surface area contributed by atoms with Gasteiger partial charge in [0, 0.05) is 28.4 Å². The van der Waals surface area contributed by atoms with Gasteiger partial charge >= 0.3 is 0 Å². The number of carbonyl (C=O) groups is 1. The number of carbonyl (C=O) groups excluding carboxylic acids is 1. The number of aliphatic hydroxyl groups excluding tert-OH is 1. The second kappa shape index (κ2) is 9.02. The van der Waals surface area contributed by atoms with E-state index in [2.05, 4.69) is 10.3 Å². The third kappa shape index (κ3) is 4.22. The van der Waals surface area contributed by atoms with Crippen LogP contribution in [0.4, 0.5) is 13.2 Å². The second-order valence-corrected chi connectivity index (χ2v) is 8.78. The second-order valence-electron chi connectivity index (χ2n) is 7.55. The number of ether oxygens (including phenoxy) is 1. The smallest absolute Gasteiger partial charge is 0.257 e. The monoisotopic (exact) mass is 450 g/mol. The first-order valence-electron chi connectivity index (χ1n) is 9.83. The molecule has 164 valence electrons. The van der Waals surface area contributed by atoms with Gasteiger partial charge in [0.05, 0.1) is 19.3 Å². The Kier molecular flexibility index (Phi) is 6.36. The zero-order valence-corrected chi connectivity index (χ0v) is 17.2. The van der Waals surface area contributed by atoms with E-state index < -0.39 is 47.0 Å². The number of amides is 1. The molecule has 2 aromatic rings. The molecule has 5 nitrogen and oxygen atoms in total. The van der Waals surface area contributed by atoms with Gasteiger partial charge in [-0.1, -0.05) is 36.0 Å². The number of rotatable bonds is 4. The van der Waals surface area contributed by atoms with Crippen molar-refractivity contribution in [3.63, 3.8) is 0 Å². The topological polar surface area (TPSA) is 70.9 Å². The summed E-state index contributed by atoms with van der Waals surface area (Å²) >= 11 is 1.06. The Morgan fingerprint density at radius 1 is 1.26 bits per heavy atom. The molecule has 2 aliphatic heterocycles. The average Bonchev–Trinajstić information content (AvgIpc) is 2.78. The molecule has 1 amide bonds. The van der Waals surface area contributed by atoms with Crippen molar-refractivity contribution in [3.8, 4) is 0 Å². The van der Waals surface area contributed by atoms with Gasteiger partial charge in [-0.2, -0.15) is 0 Å². The molecule has 2 heterocycles. The Morgan fingerprint density at radius 2 is 2.03 bits per heavy atom. The van der Waals surface area contributed by atoms with E-state index in [0.717, 1.165) is 23.9 Å². The highest BCUT2D eigenvalue weighted by molar-refractivity contribution is 8.14. The molecular formula is C22H21F3N2O3S. The van der Waals surface area contributed by atoms with Gasteiger partial charge in [-0.3, -0.25) is 4.79 Å². The molecule has 0 radical (unpaired) electrons. The minimum atomic E-state index is -1.36. The summed E-state index contributed by atoms with van der Waals surface area (Å²) < 4.78 is 48.3. The van der Waals surface area contributed by atoms with Crippen LogP contribution < -0.4 is 5.32 Å². The number of amidine groups is 1. The molecule has 0 aromatic heterocycles. The largest absolute Gasteiger partial charge is 0.394 e. The van der Waals surface area contributed by atoms with Gasteiger partial charge in [0.25, 0.3) is 5.91 Å². The highest BCUT2D eigenvalue weighted by atomic mass is 32.2. The van der Waals surface area contributed by atoms with Gasteiger partial charge < -0.3 is 15.2 Å². The predicted molar refractivity (Wildman–Crippen MR) is 112 cm³/mol. The van der Waals surface area contributed by atoms with Crippen LogP contribution >= 0.6 is 11.8 Å². The number of hydrogen-bond donors (Lipinski definition) is 2. The fraction of sp³-hybridized carbons (Fsp3) is 0.364. The molecule has 1 fully saturated rings. The number of thioether (sulfide) groups is 1. The van der Waals surface area contributed by atoms with Crippen molar-refractivity contribution in [2.24, 2.45) is 10.9 Å². The maximum absolute atomic E-state index is 14.9. The SMILES string of the molecule is O=C(NC1=NC2(c3ccc(F)cc3F)COC(CO)CC2C(CF)S1)c1ccccc1. The number of nitrogens with zero attached hydrogens (tertiary/aromatic N) is 1. The molecule has 4 unspecified atom stereocenters. The normalized spacial score (nSPS) is 27.9. The molecular weight excluding hydrogens is 429 g/mol. The third-order valence-electron chi connectivity index (χ3n) is 5.69. The zero-order valence-electron chi connectivity index (χ0n) is 16.4. The maximum Gasteiger partial charge on any atom is 0.257 e. The molecule has 9 heteroatoms. The minimum absolute atomic E-state index is 0.0699. The number of aliphatic hydroxyl groups is 1. The van der Waals surface area contributed by atoms with Crippen LogP contribution in [0.2, 0.25) is 0 Å². The van der Waals surface area contributed by atoms with Gasteiger partial charge in [0.1, 0.15) is 23.8 Å². The van der Waals surface area contributed by atoms with E-state index >= 15 is 0 Å². The molecule has 0 saturated carbocycles. The van der Waals surface area contributed by atoms with Crippen molar-refractivity contribution in [2.45, 2.75) is 23.3 Å². The summed E-state index contributed by atoms with van der Waals surface area (Å²) in [7, 11) is 0. The highest BCUT2D eigenvalue weighted by Gasteiger charge is 2.53. The van der Waals surface area contributed by atoms with Crippen LogP contribution in [0.25, 0.3) is 0 Å². The summed E-state index contributed by atoms with van der Waals surface area (Å²) in [6.45, 7) is -1.14. The summed E-state index contributed by atoms with van der Waals surface area (Å²) in [5.41, 5.74) is -0.891. The van der Waals surface area contributed by atoms with E-state index in [4.69, 9.17) is 4.74 Å². The van der Waals surface area contributed by atoms with E-state index in [0.29, 0.717) is 5.56 Å². The number of fused-ring (bicyclic) bond motifs is 1. The van der Waals surface area contributed by atoms with Crippen LogP contribution in [-0.2, 0) is 10.3 Å². The maximum atomic E-state index is 14.9. The van der Waals surface area contributed by atoms with Crippen LogP contribution in [0.5, 0.6) is 0 Å². The van der Waals surface area contributed by atoms with Crippen molar-refractivity contribution >= 4 is 22.8 Å². The number of halogens is 3. The fourth-order valence-electron chi connectivity index (χ4n) is 4.17. The van der Waals surface area contributed by atoms with Crippen LogP contribution in [0, 0.1) is 17.6 Å². The van der Waals surface area contributed by atoms with E-state index in [1.54, 1.807) is 30.3 Å². The minimum Gasteiger partial charge on any atom is -0.394 e. The average molecular weight is 450 g/mol. The first-order chi connectivity index (χ1) is 15.0. The lowest BCUT2D eigenvalue weighted by molar-refractivity contribution is -0.0836. The molecule has 2 aromatic carbocycles. The number of alkyl halides is 1. The van der Waals surface area contributed by atoms with Crippen molar-refractivity contribution in [3.05, 3.63) is 71.3 Å². The Balaban J connectivity index is 1.77. The summed E-state index contributed by atoms with van der Waals surface area (Å²) in [5.74, 6) is -2.51. The van der Waals surface area contributed by atoms with Gasteiger partial charge in [0.15, 0.2) is 5.17 Å². The van der Waals surface area contributed by atoms with Gasteiger partial charge in [-0.25, -0.2) is 18.2 Å². The van der Waals surface area contributed by atoms with Crippen molar-refractivity contribution in [2.75, 3.05) is 19.9 Å². The standard InChI is InChI=1S/C22H21F3N2O3S/c23-10-19-17-9-15(11-28)30-12-22(17,16-7-6-14(24)8-18(16)25)27-21(31-19)26-20(29)13-4-2-1-3-5-13/h1-8,15,17,19,28H,9-12H2,(H,26,27,29). The lowest BCUT2D eigenvalue weighted by atomic mass is 9.72. The molecule has 2 N–H and O–H groups in total. The molecule has 31 heavy (non-hydrogen) atoms. The number of hydrogen-bond acceptors (Lipinski definition) is 5. The lowest BCUT2D eigenvalue weighted by Gasteiger charge is -2.49. The van der Waals surface area contributed by atoms with E-state index in [-0.39, 0.29) is 30.4 Å². The predicted octanol–water partition coefficient (Wildman–Crippen LogP) is 3.43. The Labute approximate surface area is 181 Å². The number of benzene rings is 2. The van der Waals surface area contributed by atoms with Crippen molar-refractivity contribution in [1.82, 2.24) is 5.32 Å².